The number of methoxy groups -OCH3 is 1. The van der Waals surface area contributed by atoms with Gasteiger partial charge in [-0.15, -0.1) is 0 Å². The average molecular weight is 286 g/mol. The molecule has 0 aromatic carbocycles. The Morgan fingerprint density at radius 1 is 1.38 bits per heavy atom. The van der Waals surface area contributed by atoms with E-state index in [1.165, 1.54) is 11.3 Å². The Bertz CT molecular complexity index is 675. The first-order valence-electron chi connectivity index (χ1n) is 7.25. The molecular formula is C16H22N4O. The molecule has 112 valence electrons. The van der Waals surface area contributed by atoms with Gasteiger partial charge in [-0.1, -0.05) is 13.8 Å². The van der Waals surface area contributed by atoms with E-state index in [4.69, 9.17) is 10.5 Å². The van der Waals surface area contributed by atoms with Crippen LogP contribution in [0.15, 0.2) is 18.3 Å². The van der Waals surface area contributed by atoms with Crippen LogP contribution in [0.2, 0.25) is 0 Å². The number of rotatable bonds is 2. The molecular weight excluding hydrogens is 264 g/mol. The summed E-state index contributed by atoms with van der Waals surface area (Å²) >= 11 is 0. The van der Waals surface area contributed by atoms with Crippen molar-refractivity contribution in [1.29, 1.82) is 0 Å². The molecule has 0 spiro atoms. The first-order chi connectivity index (χ1) is 9.89. The second-order valence-corrected chi connectivity index (χ2v) is 6.59. The summed E-state index contributed by atoms with van der Waals surface area (Å²) in [4.78, 5) is 9.00. The van der Waals surface area contributed by atoms with Gasteiger partial charge in [0.15, 0.2) is 0 Å². The quantitative estimate of drug-likeness (QED) is 0.921. The molecule has 2 heterocycles. The standard InChI is InChI=1S/C16H22N4O/c1-10-7-14(21-4)19-15(18-10)20-6-5-11-12(17)8-16(2,3)9-13(11)20/h5-7,12H,8-9,17H2,1-4H3. The third kappa shape index (κ3) is 2.53. The molecule has 0 saturated heterocycles. The zero-order valence-corrected chi connectivity index (χ0v) is 13.1. The predicted octanol–water partition coefficient (Wildman–Crippen LogP) is 2.56. The van der Waals surface area contributed by atoms with Gasteiger partial charge in [0.05, 0.1) is 7.11 Å². The first kappa shape index (κ1) is 14.1. The van der Waals surface area contributed by atoms with Gasteiger partial charge in [0, 0.05) is 29.7 Å². The predicted molar refractivity (Wildman–Crippen MR) is 81.7 cm³/mol. The Morgan fingerprint density at radius 3 is 2.86 bits per heavy atom. The monoisotopic (exact) mass is 286 g/mol. The lowest BCUT2D eigenvalue weighted by Gasteiger charge is -2.34. The van der Waals surface area contributed by atoms with Crippen LogP contribution in [-0.4, -0.2) is 21.6 Å². The number of aryl methyl sites for hydroxylation is 1. The molecule has 21 heavy (non-hydrogen) atoms. The van der Waals surface area contributed by atoms with Crippen LogP contribution in [0.5, 0.6) is 5.88 Å². The minimum absolute atomic E-state index is 0.0803. The van der Waals surface area contributed by atoms with Gasteiger partial charge in [0.2, 0.25) is 11.8 Å². The normalized spacial score (nSPS) is 20.1. The lowest BCUT2D eigenvalue weighted by molar-refractivity contribution is 0.278. The molecule has 5 heteroatoms. The van der Waals surface area contributed by atoms with Crippen molar-refractivity contribution in [2.45, 2.75) is 39.7 Å². The number of ether oxygens (including phenoxy) is 1. The number of hydrogen-bond acceptors (Lipinski definition) is 4. The minimum atomic E-state index is 0.0803. The Kier molecular flexibility index (Phi) is 3.24. The van der Waals surface area contributed by atoms with Crippen molar-refractivity contribution in [2.75, 3.05) is 7.11 Å². The third-order valence-electron chi connectivity index (χ3n) is 4.09. The van der Waals surface area contributed by atoms with Crippen molar-refractivity contribution in [1.82, 2.24) is 14.5 Å². The van der Waals surface area contributed by atoms with Gasteiger partial charge in [0.1, 0.15) is 0 Å². The fourth-order valence-electron chi connectivity index (χ4n) is 3.16. The Balaban J connectivity index is 2.11. The number of fused-ring (bicyclic) bond motifs is 1. The molecule has 2 aromatic rings. The van der Waals surface area contributed by atoms with E-state index in [0.717, 1.165) is 18.5 Å². The lowest BCUT2D eigenvalue weighted by atomic mass is 9.75. The summed E-state index contributed by atoms with van der Waals surface area (Å²) < 4.78 is 7.30. The van der Waals surface area contributed by atoms with Crippen molar-refractivity contribution in [3.63, 3.8) is 0 Å². The summed E-state index contributed by atoms with van der Waals surface area (Å²) in [5, 5.41) is 0. The molecule has 2 N–H and O–H groups in total. The van der Waals surface area contributed by atoms with E-state index in [0.29, 0.717) is 11.8 Å². The van der Waals surface area contributed by atoms with E-state index >= 15 is 0 Å². The van der Waals surface area contributed by atoms with Crippen LogP contribution in [0.4, 0.5) is 0 Å². The van der Waals surface area contributed by atoms with Gasteiger partial charge >= 0.3 is 0 Å². The van der Waals surface area contributed by atoms with E-state index in [1.54, 1.807) is 7.11 Å². The van der Waals surface area contributed by atoms with Crippen LogP contribution in [0.25, 0.3) is 5.95 Å². The molecule has 0 aliphatic heterocycles. The second-order valence-electron chi connectivity index (χ2n) is 6.59. The summed E-state index contributed by atoms with van der Waals surface area (Å²) in [5.74, 6) is 1.23. The summed E-state index contributed by atoms with van der Waals surface area (Å²) in [6, 6.07) is 4.00. The van der Waals surface area contributed by atoms with Crippen molar-refractivity contribution < 1.29 is 4.74 Å². The van der Waals surface area contributed by atoms with E-state index in [2.05, 4.69) is 29.9 Å². The zero-order valence-electron chi connectivity index (χ0n) is 13.1. The second kappa shape index (κ2) is 4.84. The summed E-state index contributed by atoms with van der Waals surface area (Å²) in [6.07, 6.45) is 3.99. The maximum absolute atomic E-state index is 6.32. The fraction of sp³-hybridized carbons (Fsp3) is 0.500. The highest BCUT2D eigenvalue weighted by Gasteiger charge is 2.33. The molecule has 0 amide bonds. The van der Waals surface area contributed by atoms with Crippen LogP contribution in [-0.2, 0) is 6.42 Å². The smallest absolute Gasteiger partial charge is 0.237 e. The molecule has 1 aliphatic rings. The van der Waals surface area contributed by atoms with Gasteiger partial charge in [-0.3, -0.25) is 4.57 Å². The van der Waals surface area contributed by atoms with Gasteiger partial charge < -0.3 is 10.5 Å². The number of nitrogens with two attached hydrogens (primary N) is 1. The van der Waals surface area contributed by atoms with E-state index in [9.17, 15) is 0 Å². The van der Waals surface area contributed by atoms with Crippen molar-refractivity contribution in [3.8, 4) is 11.8 Å². The number of aromatic nitrogens is 3. The zero-order chi connectivity index (χ0) is 15.2. The highest BCUT2D eigenvalue weighted by Crippen LogP contribution is 2.40. The maximum Gasteiger partial charge on any atom is 0.237 e. The Hall–Kier alpha value is -1.88. The molecule has 0 radical (unpaired) electrons. The molecule has 1 atom stereocenters. The van der Waals surface area contributed by atoms with Gasteiger partial charge in [0.25, 0.3) is 0 Å². The topological polar surface area (TPSA) is 66.0 Å². The summed E-state index contributed by atoms with van der Waals surface area (Å²) in [6.45, 7) is 6.45. The van der Waals surface area contributed by atoms with E-state index in [-0.39, 0.29) is 11.5 Å². The van der Waals surface area contributed by atoms with Crippen LogP contribution < -0.4 is 10.5 Å². The highest BCUT2D eigenvalue weighted by molar-refractivity contribution is 5.36. The van der Waals surface area contributed by atoms with Crippen LogP contribution in [0, 0.1) is 12.3 Å². The van der Waals surface area contributed by atoms with Gasteiger partial charge in [-0.25, -0.2) is 4.98 Å². The van der Waals surface area contributed by atoms with Crippen molar-refractivity contribution >= 4 is 0 Å². The van der Waals surface area contributed by atoms with Crippen LogP contribution in [0.3, 0.4) is 0 Å². The van der Waals surface area contributed by atoms with Crippen LogP contribution >= 0.6 is 0 Å². The third-order valence-corrected chi connectivity index (χ3v) is 4.09. The first-order valence-corrected chi connectivity index (χ1v) is 7.25. The van der Waals surface area contributed by atoms with Crippen LogP contribution in [0.1, 0.15) is 43.3 Å². The molecule has 0 bridgehead atoms. The van der Waals surface area contributed by atoms with Gasteiger partial charge in [-0.2, -0.15) is 4.98 Å². The molecule has 2 aromatic heterocycles. The molecule has 1 aliphatic carbocycles. The van der Waals surface area contributed by atoms with E-state index < -0.39 is 0 Å². The molecule has 1 unspecified atom stereocenters. The Labute approximate surface area is 125 Å². The van der Waals surface area contributed by atoms with Gasteiger partial charge in [-0.05, 0) is 36.8 Å². The Morgan fingerprint density at radius 2 is 2.14 bits per heavy atom. The lowest BCUT2D eigenvalue weighted by Crippen LogP contribution is -2.30. The summed E-state index contributed by atoms with van der Waals surface area (Å²) in [7, 11) is 1.62. The molecule has 0 fully saturated rings. The minimum Gasteiger partial charge on any atom is -0.481 e. The molecule has 3 rings (SSSR count). The number of hydrogen-bond donors (Lipinski definition) is 1. The highest BCUT2D eigenvalue weighted by atomic mass is 16.5. The maximum atomic E-state index is 6.32. The average Bonchev–Trinajstić information content (AvgIpc) is 2.80. The summed E-state index contributed by atoms with van der Waals surface area (Å²) in [5.41, 5.74) is 9.82. The molecule has 5 nitrogen and oxygen atoms in total. The van der Waals surface area contributed by atoms with Crippen molar-refractivity contribution in [2.24, 2.45) is 11.1 Å². The van der Waals surface area contributed by atoms with E-state index in [1.807, 2.05) is 23.8 Å². The molecule has 0 saturated carbocycles. The van der Waals surface area contributed by atoms with Crippen molar-refractivity contribution in [3.05, 3.63) is 35.3 Å². The number of nitrogens with zero attached hydrogens (tertiary/aromatic N) is 3. The fourth-order valence-corrected chi connectivity index (χ4v) is 3.16. The SMILES string of the molecule is COc1cc(C)nc(-n2ccc3c2CC(C)(C)CC3N)n1. The largest absolute Gasteiger partial charge is 0.481 e.